The molecule has 1 aliphatic rings. The third kappa shape index (κ3) is 4.07. The number of anilines is 1. The fourth-order valence-corrected chi connectivity index (χ4v) is 3.12. The zero-order valence-corrected chi connectivity index (χ0v) is 13.2. The molecule has 1 atom stereocenters. The van der Waals surface area contributed by atoms with Crippen molar-refractivity contribution in [3.63, 3.8) is 0 Å². The Labute approximate surface area is 128 Å². The van der Waals surface area contributed by atoms with Crippen molar-refractivity contribution in [2.24, 2.45) is 4.99 Å². The van der Waals surface area contributed by atoms with Crippen LogP contribution in [0.4, 0.5) is 5.69 Å². The van der Waals surface area contributed by atoms with E-state index in [1.54, 1.807) is 0 Å². The molecule has 0 saturated carbocycles. The number of aryl methyl sites for hydroxylation is 2. The molecule has 2 rings (SSSR count). The average Bonchev–Trinajstić information content (AvgIpc) is 2.74. The molecule has 0 aliphatic carbocycles. The maximum atomic E-state index is 12.1. The fourth-order valence-electron chi connectivity index (χ4n) is 2.08. The molecule has 2 N–H and O–H groups in total. The van der Waals surface area contributed by atoms with Gasteiger partial charge in [-0.05, 0) is 32.4 Å². The molecule has 112 valence electrons. The van der Waals surface area contributed by atoms with Crippen LogP contribution in [0.5, 0.6) is 0 Å². The van der Waals surface area contributed by atoms with Gasteiger partial charge in [-0.1, -0.05) is 29.5 Å². The monoisotopic (exact) mass is 305 g/mol. The van der Waals surface area contributed by atoms with Crippen molar-refractivity contribution in [3.8, 4) is 0 Å². The quantitative estimate of drug-likeness (QED) is 0.896. The van der Waals surface area contributed by atoms with Gasteiger partial charge in [0.1, 0.15) is 5.25 Å². The molecular formula is C15H19N3O2S. The van der Waals surface area contributed by atoms with E-state index in [0.717, 1.165) is 16.8 Å². The lowest BCUT2D eigenvalue weighted by Gasteiger charge is -2.10. The number of hydrogen-bond donors (Lipinski definition) is 2. The molecule has 5 nitrogen and oxygen atoms in total. The van der Waals surface area contributed by atoms with Crippen molar-refractivity contribution in [1.82, 2.24) is 5.32 Å². The number of benzene rings is 1. The van der Waals surface area contributed by atoms with Crippen LogP contribution < -0.4 is 10.6 Å². The highest BCUT2D eigenvalue weighted by Gasteiger charge is 2.31. The van der Waals surface area contributed by atoms with E-state index in [-0.39, 0.29) is 18.2 Å². The van der Waals surface area contributed by atoms with E-state index in [9.17, 15) is 9.59 Å². The van der Waals surface area contributed by atoms with Crippen LogP contribution in [0.25, 0.3) is 0 Å². The van der Waals surface area contributed by atoms with E-state index in [1.165, 1.54) is 11.8 Å². The van der Waals surface area contributed by atoms with Crippen molar-refractivity contribution in [2.75, 3.05) is 11.9 Å². The predicted molar refractivity (Wildman–Crippen MR) is 86.7 cm³/mol. The first-order valence-corrected chi connectivity index (χ1v) is 7.76. The molecular weight excluding hydrogens is 286 g/mol. The van der Waals surface area contributed by atoms with Crippen LogP contribution >= 0.6 is 11.8 Å². The minimum atomic E-state index is -0.402. The highest BCUT2D eigenvalue weighted by Crippen LogP contribution is 2.23. The van der Waals surface area contributed by atoms with Gasteiger partial charge in [0.25, 0.3) is 0 Å². The molecule has 1 fully saturated rings. The zero-order chi connectivity index (χ0) is 15.4. The van der Waals surface area contributed by atoms with Crippen LogP contribution in [0, 0.1) is 13.8 Å². The van der Waals surface area contributed by atoms with Gasteiger partial charge in [-0.25, -0.2) is 0 Å². The second-order valence-electron chi connectivity index (χ2n) is 4.95. The molecule has 1 aromatic carbocycles. The summed E-state index contributed by atoms with van der Waals surface area (Å²) in [4.78, 5) is 28.0. The second kappa shape index (κ2) is 6.76. The molecule has 0 unspecified atom stereocenters. The Bertz CT molecular complexity index is 599. The van der Waals surface area contributed by atoms with E-state index >= 15 is 0 Å². The van der Waals surface area contributed by atoms with Crippen LogP contribution in [-0.4, -0.2) is 28.8 Å². The summed E-state index contributed by atoms with van der Waals surface area (Å²) < 4.78 is 0. The standard InChI is InChI=1S/C15H19N3O2S/c1-4-16-15-18-14(20)12(21-15)8-13(19)17-11-6-5-9(2)7-10(11)3/h5-7,12H,4,8H2,1-3H3,(H,17,19)(H,16,18,20)/t12-/m1/s1. The summed E-state index contributed by atoms with van der Waals surface area (Å²) in [5.74, 6) is -0.310. The van der Waals surface area contributed by atoms with Crippen molar-refractivity contribution < 1.29 is 9.59 Å². The van der Waals surface area contributed by atoms with E-state index in [2.05, 4.69) is 15.6 Å². The number of carbonyl (C=O) groups excluding carboxylic acids is 2. The summed E-state index contributed by atoms with van der Waals surface area (Å²) >= 11 is 1.32. The third-order valence-corrected chi connectivity index (χ3v) is 4.22. The van der Waals surface area contributed by atoms with Crippen LogP contribution in [0.1, 0.15) is 24.5 Å². The molecule has 1 aromatic rings. The number of nitrogens with zero attached hydrogens (tertiary/aromatic N) is 1. The van der Waals surface area contributed by atoms with Crippen LogP contribution in [0.3, 0.4) is 0 Å². The molecule has 0 aromatic heterocycles. The van der Waals surface area contributed by atoms with Crippen LogP contribution in [-0.2, 0) is 9.59 Å². The van der Waals surface area contributed by atoms with E-state index in [0.29, 0.717) is 11.7 Å². The Balaban J connectivity index is 1.96. The Morgan fingerprint density at radius 2 is 2.19 bits per heavy atom. The topological polar surface area (TPSA) is 70.6 Å². The SMILES string of the molecule is CCN=C1NC(=O)[C@@H](CC(=O)Nc2ccc(C)cc2C)S1. The summed E-state index contributed by atoms with van der Waals surface area (Å²) in [6.45, 7) is 6.47. The van der Waals surface area contributed by atoms with E-state index in [4.69, 9.17) is 0 Å². The highest BCUT2D eigenvalue weighted by molar-refractivity contribution is 8.15. The molecule has 1 heterocycles. The number of nitrogens with one attached hydrogen (secondary N) is 2. The van der Waals surface area contributed by atoms with Gasteiger partial charge in [-0.15, -0.1) is 0 Å². The third-order valence-electron chi connectivity index (χ3n) is 3.10. The van der Waals surface area contributed by atoms with Crippen molar-refractivity contribution in [3.05, 3.63) is 29.3 Å². The molecule has 0 spiro atoms. The number of aliphatic imine (C=N–C) groups is 1. The maximum absolute atomic E-state index is 12.1. The van der Waals surface area contributed by atoms with E-state index in [1.807, 2.05) is 39.0 Å². The number of amides is 2. The van der Waals surface area contributed by atoms with Gasteiger partial charge in [0.05, 0.1) is 0 Å². The molecule has 6 heteroatoms. The lowest BCUT2D eigenvalue weighted by Crippen LogP contribution is -2.28. The number of hydrogen-bond acceptors (Lipinski definition) is 4. The Hall–Kier alpha value is -1.82. The van der Waals surface area contributed by atoms with E-state index < -0.39 is 5.25 Å². The summed E-state index contributed by atoms with van der Waals surface area (Å²) in [6, 6.07) is 5.85. The minimum Gasteiger partial charge on any atom is -0.326 e. The summed E-state index contributed by atoms with van der Waals surface area (Å²) in [7, 11) is 0. The van der Waals surface area contributed by atoms with Gasteiger partial charge in [0.2, 0.25) is 11.8 Å². The summed E-state index contributed by atoms with van der Waals surface area (Å²) in [6.07, 6.45) is 0.145. The predicted octanol–water partition coefficient (Wildman–Crippen LogP) is 2.24. The Morgan fingerprint density at radius 3 is 2.86 bits per heavy atom. The number of rotatable bonds is 4. The molecule has 21 heavy (non-hydrogen) atoms. The van der Waals surface area contributed by atoms with Crippen molar-refractivity contribution in [2.45, 2.75) is 32.4 Å². The first-order chi connectivity index (χ1) is 9.99. The molecule has 2 amide bonds. The molecule has 1 saturated heterocycles. The van der Waals surface area contributed by atoms with Gasteiger partial charge in [-0.2, -0.15) is 0 Å². The normalized spacial score (nSPS) is 19.7. The number of amidine groups is 1. The molecule has 1 aliphatic heterocycles. The largest absolute Gasteiger partial charge is 0.326 e. The summed E-state index contributed by atoms with van der Waals surface area (Å²) in [5.41, 5.74) is 2.95. The number of carbonyl (C=O) groups is 2. The first kappa shape index (κ1) is 15.6. The van der Waals surface area contributed by atoms with Crippen molar-refractivity contribution in [1.29, 1.82) is 0 Å². The van der Waals surface area contributed by atoms with Crippen LogP contribution in [0.2, 0.25) is 0 Å². The lowest BCUT2D eigenvalue weighted by molar-refractivity contribution is -0.122. The number of thioether (sulfide) groups is 1. The summed E-state index contributed by atoms with van der Waals surface area (Å²) in [5, 5.41) is 5.75. The smallest absolute Gasteiger partial charge is 0.240 e. The maximum Gasteiger partial charge on any atom is 0.240 e. The molecule has 0 bridgehead atoms. The highest BCUT2D eigenvalue weighted by atomic mass is 32.2. The van der Waals surface area contributed by atoms with Gasteiger partial charge in [-0.3, -0.25) is 14.6 Å². The van der Waals surface area contributed by atoms with Gasteiger partial charge in [0, 0.05) is 18.7 Å². The van der Waals surface area contributed by atoms with Crippen LogP contribution in [0.15, 0.2) is 23.2 Å². The first-order valence-electron chi connectivity index (χ1n) is 6.88. The molecule has 0 radical (unpaired) electrons. The Kier molecular flexibility index (Phi) is 5.01. The lowest BCUT2D eigenvalue weighted by atomic mass is 10.1. The average molecular weight is 305 g/mol. The zero-order valence-electron chi connectivity index (χ0n) is 12.4. The van der Waals surface area contributed by atoms with Gasteiger partial charge >= 0.3 is 0 Å². The van der Waals surface area contributed by atoms with Crippen molar-refractivity contribution >= 4 is 34.4 Å². The minimum absolute atomic E-state index is 0.145. The Morgan fingerprint density at radius 1 is 1.43 bits per heavy atom. The second-order valence-corrected chi connectivity index (χ2v) is 6.14. The van der Waals surface area contributed by atoms with Gasteiger partial charge in [0.15, 0.2) is 5.17 Å². The fraction of sp³-hybridized carbons (Fsp3) is 0.400. The van der Waals surface area contributed by atoms with Gasteiger partial charge < -0.3 is 10.6 Å².